The molecule has 0 aliphatic heterocycles. The standard InChI is InChI=1S/C13H17FO/c1-4-5-10(3)13(15)12-8-11(14)7-6-9(12)2/h6-8,10H,4-5H2,1-3H3. The quantitative estimate of drug-likeness (QED) is 0.689. The van der Waals surface area contributed by atoms with Gasteiger partial charge >= 0.3 is 0 Å². The van der Waals surface area contributed by atoms with Crippen LogP contribution in [-0.4, -0.2) is 5.78 Å². The van der Waals surface area contributed by atoms with E-state index in [2.05, 4.69) is 0 Å². The maximum atomic E-state index is 13.0. The van der Waals surface area contributed by atoms with Crippen LogP contribution in [0.25, 0.3) is 0 Å². The van der Waals surface area contributed by atoms with Crippen LogP contribution in [0, 0.1) is 18.7 Å². The lowest BCUT2D eigenvalue weighted by molar-refractivity contribution is 0.0922. The molecule has 1 aromatic rings. The molecule has 0 amide bonds. The molecule has 1 nitrogen and oxygen atoms in total. The van der Waals surface area contributed by atoms with E-state index in [-0.39, 0.29) is 17.5 Å². The number of rotatable bonds is 4. The van der Waals surface area contributed by atoms with Crippen molar-refractivity contribution in [3.8, 4) is 0 Å². The summed E-state index contributed by atoms with van der Waals surface area (Å²) in [4.78, 5) is 11.9. The van der Waals surface area contributed by atoms with E-state index in [1.54, 1.807) is 6.07 Å². The highest BCUT2D eigenvalue weighted by atomic mass is 19.1. The van der Waals surface area contributed by atoms with Gasteiger partial charge in [0, 0.05) is 11.5 Å². The molecule has 1 aromatic carbocycles. The zero-order chi connectivity index (χ0) is 11.4. The van der Waals surface area contributed by atoms with Gasteiger partial charge in [-0.2, -0.15) is 0 Å². The molecule has 0 bridgehead atoms. The molecule has 15 heavy (non-hydrogen) atoms. The second-order valence-corrected chi connectivity index (χ2v) is 4.01. The number of hydrogen-bond acceptors (Lipinski definition) is 1. The Balaban J connectivity index is 2.95. The number of carbonyl (C=O) groups is 1. The molecule has 0 saturated carbocycles. The van der Waals surface area contributed by atoms with Gasteiger partial charge in [-0.3, -0.25) is 4.79 Å². The minimum atomic E-state index is -0.340. The van der Waals surface area contributed by atoms with Gasteiger partial charge in [-0.15, -0.1) is 0 Å². The summed E-state index contributed by atoms with van der Waals surface area (Å²) >= 11 is 0. The van der Waals surface area contributed by atoms with Gasteiger partial charge in [-0.05, 0) is 31.0 Å². The smallest absolute Gasteiger partial charge is 0.166 e. The highest BCUT2D eigenvalue weighted by Crippen LogP contribution is 2.18. The van der Waals surface area contributed by atoms with E-state index in [0.29, 0.717) is 5.56 Å². The van der Waals surface area contributed by atoms with Crippen LogP contribution in [0.2, 0.25) is 0 Å². The first-order chi connectivity index (χ1) is 7.06. The number of carbonyl (C=O) groups excluding carboxylic acids is 1. The molecule has 1 atom stereocenters. The fourth-order valence-corrected chi connectivity index (χ4v) is 1.69. The van der Waals surface area contributed by atoms with E-state index >= 15 is 0 Å². The molecule has 0 aliphatic carbocycles. The summed E-state index contributed by atoms with van der Waals surface area (Å²) in [6, 6.07) is 4.38. The molecule has 1 rings (SSSR count). The van der Waals surface area contributed by atoms with Crippen LogP contribution < -0.4 is 0 Å². The SMILES string of the molecule is CCCC(C)C(=O)c1cc(F)ccc1C. The van der Waals surface area contributed by atoms with Gasteiger partial charge in [0.25, 0.3) is 0 Å². The van der Waals surface area contributed by atoms with Crippen LogP contribution in [-0.2, 0) is 0 Å². The highest BCUT2D eigenvalue weighted by Gasteiger charge is 2.16. The number of aryl methyl sites for hydroxylation is 1. The lowest BCUT2D eigenvalue weighted by Crippen LogP contribution is -2.12. The lowest BCUT2D eigenvalue weighted by Gasteiger charge is -2.11. The van der Waals surface area contributed by atoms with Gasteiger partial charge in [0.05, 0.1) is 0 Å². The predicted octanol–water partition coefficient (Wildman–Crippen LogP) is 3.75. The van der Waals surface area contributed by atoms with Crippen molar-refractivity contribution in [2.24, 2.45) is 5.92 Å². The summed E-state index contributed by atoms with van der Waals surface area (Å²) in [7, 11) is 0. The zero-order valence-corrected chi connectivity index (χ0v) is 9.51. The minimum absolute atomic E-state index is 0.0181. The first-order valence-electron chi connectivity index (χ1n) is 5.36. The Morgan fingerprint density at radius 3 is 2.73 bits per heavy atom. The van der Waals surface area contributed by atoms with Crippen molar-refractivity contribution in [3.63, 3.8) is 0 Å². The third-order valence-electron chi connectivity index (χ3n) is 2.63. The number of Topliss-reactive ketones (excluding diaryl/α,β-unsaturated/α-hetero) is 1. The van der Waals surface area contributed by atoms with Crippen molar-refractivity contribution < 1.29 is 9.18 Å². The summed E-state index contributed by atoms with van der Waals surface area (Å²) in [5.41, 5.74) is 1.38. The second kappa shape index (κ2) is 5.06. The molecule has 2 heteroatoms. The lowest BCUT2D eigenvalue weighted by atomic mass is 9.93. The maximum absolute atomic E-state index is 13.0. The van der Waals surface area contributed by atoms with Crippen LogP contribution in [0.1, 0.15) is 42.6 Å². The predicted molar refractivity (Wildman–Crippen MR) is 59.5 cm³/mol. The maximum Gasteiger partial charge on any atom is 0.166 e. The molecule has 0 fully saturated rings. The van der Waals surface area contributed by atoms with E-state index in [1.807, 2.05) is 20.8 Å². The van der Waals surface area contributed by atoms with E-state index in [9.17, 15) is 9.18 Å². The minimum Gasteiger partial charge on any atom is -0.294 e. The van der Waals surface area contributed by atoms with Crippen LogP contribution >= 0.6 is 0 Å². The summed E-state index contributed by atoms with van der Waals surface area (Å²) in [6.45, 7) is 5.78. The average molecular weight is 208 g/mol. The molecular weight excluding hydrogens is 191 g/mol. The van der Waals surface area contributed by atoms with Crippen LogP contribution in [0.4, 0.5) is 4.39 Å². The Bertz CT molecular complexity index is 358. The largest absolute Gasteiger partial charge is 0.294 e. The summed E-state index contributed by atoms with van der Waals surface area (Å²) in [5.74, 6) is -0.308. The van der Waals surface area contributed by atoms with Gasteiger partial charge in [-0.25, -0.2) is 4.39 Å². The third kappa shape index (κ3) is 2.88. The van der Waals surface area contributed by atoms with Crippen LogP contribution in [0.3, 0.4) is 0 Å². The summed E-state index contributed by atoms with van der Waals surface area (Å²) in [5, 5.41) is 0. The molecule has 0 heterocycles. The summed E-state index contributed by atoms with van der Waals surface area (Å²) in [6.07, 6.45) is 1.83. The molecule has 82 valence electrons. The van der Waals surface area contributed by atoms with Gasteiger partial charge < -0.3 is 0 Å². The van der Waals surface area contributed by atoms with Crippen molar-refractivity contribution in [2.45, 2.75) is 33.6 Å². The van der Waals surface area contributed by atoms with Crippen molar-refractivity contribution in [1.29, 1.82) is 0 Å². The van der Waals surface area contributed by atoms with E-state index in [0.717, 1.165) is 18.4 Å². The third-order valence-corrected chi connectivity index (χ3v) is 2.63. The normalized spacial score (nSPS) is 12.5. The van der Waals surface area contributed by atoms with Gasteiger partial charge in [-0.1, -0.05) is 26.3 Å². The summed E-state index contributed by atoms with van der Waals surface area (Å²) < 4.78 is 13.0. The Morgan fingerprint density at radius 2 is 2.13 bits per heavy atom. The fourth-order valence-electron chi connectivity index (χ4n) is 1.69. The molecule has 0 N–H and O–H groups in total. The van der Waals surface area contributed by atoms with Gasteiger partial charge in [0.2, 0.25) is 0 Å². The molecular formula is C13H17FO. The molecule has 0 spiro atoms. The monoisotopic (exact) mass is 208 g/mol. The molecule has 0 saturated heterocycles. The Hall–Kier alpha value is -1.18. The van der Waals surface area contributed by atoms with Crippen molar-refractivity contribution in [2.75, 3.05) is 0 Å². The van der Waals surface area contributed by atoms with Crippen molar-refractivity contribution in [1.82, 2.24) is 0 Å². The van der Waals surface area contributed by atoms with E-state index in [4.69, 9.17) is 0 Å². The fraction of sp³-hybridized carbons (Fsp3) is 0.462. The number of benzene rings is 1. The Morgan fingerprint density at radius 1 is 1.47 bits per heavy atom. The topological polar surface area (TPSA) is 17.1 Å². The first-order valence-corrected chi connectivity index (χ1v) is 5.36. The van der Waals surface area contributed by atoms with Gasteiger partial charge in [0.15, 0.2) is 5.78 Å². The number of ketones is 1. The molecule has 0 aliphatic rings. The highest BCUT2D eigenvalue weighted by molar-refractivity contribution is 5.98. The molecule has 0 aromatic heterocycles. The molecule has 1 unspecified atom stereocenters. The number of hydrogen-bond donors (Lipinski definition) is 0. The molecule has 0 radical (unpaired) electrons. The average Bonchev–Trinajstić information content (AvgIpc) is 2.21. The number of halogens is 1. The van der Waals surface area contributed by atoms with E-state index in [1.165, 1.54) is 12.1 Å². The first kappa shape index (κ1) is 11.9. The van der Waals surface area contributed by atoms with Crippen LogP contribution in [0.15, 0.2) is 18.2 Å². The van der Waals surface area contributed by atoms with E-state index < -0.39 is 0 Å². The Labute approximate surface area is 90.3 Å². The zero-order valence-electron chi connectivity index (χ0n) is 9.51. The Kier molecular flexibility index (Phi) is 4.01. The van der Waals surface area contributed by atoms with Crippen molar-refractivity contribution >= 4 is 5.78 Å². The second-order valence-electron chi connectivity index (χ2n) is 4.01. The van der Waals surface area contributed by atoms with Crippen LogP contribution in [0.5, 0.6) is 0 Å². The van der Waals surface area contributed by atoms with Crippen molar-refractivity contribution in [3.05, 3.63) is 35.1 Å². The van der Waals surface area contributed by atoms with Gasteiger partial charge in [0.1, 0.15) is 5.82 Å².